The lowest BCUT2D eigenvalue weighted by Gasteiger charge is -2.74. The summed E-state index contributed by atoms with van der Waals surface area (Å²) in [5.41, 5.74) is -0.579. The van der Waals surface area contributed by atoms with E-state index >= 15 is 0 Å². The normalized spacial score (nSPS) is 43.8. The van der Waals surface area contributed by atoms with Crippen LogP contribution >= 0.6 is 0 Å². The van der Waals surface area contributed by atoms with Crippen molar-refractivity contribution in [1.82, 2.24) is 0 Å². The highest BCUT2D eigenvalue weighted by Crippen LogP contribution is 2.78. The van der Waals surface area contributed by atoms with Gasteiger partial charge in [0.25, 0.3) is 0 Å². The zero-order valence-corrected chi connectivity index (χ0v) is 28.3. The Labute approximate surface area is 269 Å². The van der Waals surface area contributed by atoms with Crippen LogP contribution in [0.4, 0.5) is 0 Å². The number of Topliss-reactive ketones (excluding diaryl/α,β-unsaturated/α-hetero) is 1. The molecule has 0 radical (unpaired) electrons. The summed E-state index contributed by atoms with van der Waals surface area (Å²) >= 11 is 0. The first-order valence-electron chi connectivity index (χ1n) is 17.4. The summed E-state index contributed by atoms with van der Waals surface area (Å²) in [6.45, 7) is 14.3. The lowest BCUT2D eigenvalue weighted by atomic mass is 9.29. The Balaban J connectivity index is 1.39. The highest BCUT2D eigenvalue weighted by Gasteiger charge is 2.74. The maximum atomic E-state index is 13.3. The molecule has 6 nitrogen and oxygen atoms in total. The number of carboxylic acids is 1. The minimum atomic E-state index is -0.800. The highest BCUT2D eigenvalue weighted by atomic mass is 16.5. The highest BCUT2D eigenvalue weighted by molar-refractivity contribution is 5.87. The van der Waals surface area contributed by atoms with Crippen LogP contribution in [0.15, 0.2) is 30.3 Å². The minimum absolute atomic E-state index is 0.00521. The van der Waals surface area contributed by atoms with Crippen LogP contribution in [0.1, 0.15) is 118 Å². The molecule has 2 N–H and O–H groups in total. The third-order valence-corrected chi connectivity index (χ3v) is 15.2. The van der Waals surface area contributed by atoms with Crippen LogP contribution in [0, 0.1) is 56.2 Å². The first-order valence-corrected chi connectivity index (χ1v) is 17.4. The van der Waals surface area contributed by atoms with Gasteiger partial charge in [-0.2, -0.15) is 0 Å². The third-order valence-electron chi connectivity index (χ3n) is 15.2. The molecule has 5 fully saturated rings. The Hall–Kier alpha value is -2.63. The smallest absolute Gasteiger partial charge is 0.330 e. The molecule has 6 rings (SSSR count). The fourth-order valence-corrected chi connectivity index (χ4v) is 12.3. The Morgan fingerprint density at radius 3 is 2.24 bits per heavy atom. The number of carboxylic acid groups (broad SMARTS) is 1. The number of rotatable bonds is 5. The van der Waals surface area contributed by atoms with Crippen LogP contribution < -0.4 is 0 Å². The molecule has 0 saturated heterocycles. The van der Waals surface area contributed by atoms with Crippen molar-refractivity contribution in [3.05, 3.63) is 35.9 Å². The molecule has 0 aromatic heterocycles. The molecule has 0 bridgehead atoms. The van der Waals surface area contributed by atoms with Crippen molar-refractivity contribution in [2.75, 3.05) is 6.61 Å². The number of hydrogen-bond donors (Lipinski definition) is 2. The summed E-state index contributed by atoms with van der Waals surface area (Å²) in [7, 11) is 0. The van der Waals surface area contributed by atoms with E-state index in [2.05, 4.69) is 41.5 Å². The Morgan fingerprint density at radius 1 is 0.867 bits per heavy atom. The van der Waals surface area contributed by atoms with Crippen molar-refractivity contribution in [2.45, 2.75) is 112 Å². The van der Waals surface area contributed by atoms with Crippen LogP contribution in [0.5, 0.6) is 5.75 Å². The van der Waals surface area contributed by atoms with Crippen molar-refractivity contribution >= 4 is 23.8 Å². The average Bonchev–Trinajstić information content (AvgIpc) is 2.98. The summed E-state index contributed by atoms with van der Waals surface area (Å²) < 4.78 is 6.25. The Morgan fingerprint density at radius 2 is 1.56 bits per heavy atom. The van der Waals surface area contributed by atoms with E-state index in [1.54, 1.807) is 30.3 Å². The van der Waals surface area contributed by atoms with Gasteiger partial charge in [0.1, 0.15) is 11.5 Å². The van der Waals surface area contributed by atoms with E-state index in [1.807, 2.05) is 0 Å². The first kappa shape index (κ1) is 32.3. The van der Waals surface area contributed by atoms with Gasteiger partial charge in [-0.3, -0.25) is 9.59 Å². The quantitative estimate of drug-likeness (QED) is 0.254. The van der Waals surface area contributed by atoms with Crippen molar-refractivity contribution in [2.24, 2.45) is 56.2 Å². The van der Waals surface area contributed by atoms with E-state index in [0.29, 0.717) is 36.9 Å². The van der Waals surface area contributed by atoms with Crippen molar-refractivity contribution in [1.29, 1.82) is 0 Å². The molecule has 6 heteroatoms. The number of carbonyl (C=O) groups is 3. The largest absolute Gasteiger partial charge is 0.508 e. The molecule has 9 atom stereocenters. The molecule has 45 heavy (non-hydrogen) atoms. The lowest BCUT2D eigenvalue weighted by molar-refractivity contribution is -0.274. The maximum absolute atomic E-state index is 13.3. The van der Waals surface area contributed by atoms with Crippen molar-refractivity contribution in [3.8, 4) is 5.75 Å². The number of carbonyl (C=O) groups excluding carboxylic acids is 2. The van der Waals surface area contributed by atoms with Gasteiger partial charge >= 0.3 is 11.9 Å². The van der Waals surface area contributed by atoms with E-state index in [9.17, 15) is 24.6 Å². The van der Waals surface area contributed by atoms with Gasteiger partial charge < -0.3 is 14.9 Å². The molecular formula is C39H54O6. The molecule has 0 aliphatic heterocycles. The predicted octanol–water partition coefficient (Wildman–Crippen LogP) is 8.46. The number of ketones is 1. The fourth-order valence-electron chi connectivity index (χ4n) is 12.3. The molecule has 1 aromatic rings. The van der Waals surface area contributed by atoms with Crippen LogP contribution in [0.2, 0.25) is 0 Å². The van der Waals surface area contributed by atoms with E-state index < -0.39 is 22.8 Å². The summed E-state index contributed by atoms with van der Waals surface area (Å²) in [5, 5.41) is 20.6. The summed E-state index contributed by atoms with van der Waals surface area (Å²) in [6.07, 6.45) is 12.5. The number of benzene rings is 1. The number of ether oxygens (including phenoxy) is 1. The molecule has 5 aliphatic carbocycles. The van der Waals surface area contributed by atoms with E-state index in [1.165, 1.54) is 6.08 Å². The first-order chi connectivity index (χ1) is 21.0. The van der Waals surface area contributed by atoms with Gasteiger partial charge in [-0.15, -0.1) is 0 Å². The van der Waals surface area contributed by atoms with Gasteiger partial charge in [-0.1, -0.05) is 53.7 Å². The van der Waals surface area contributed by atoms with Crippen LogP contribution in [-0.2, 0) is 19.1 Å². The molecular weight excluding hydrogens is 564 g/mol. The molecule has 0 spiro atoms. The van der Waals surface area contributed by atoms with E-state index in [4.69, 9.17) is 4.74 Å². The summed E-state index contributed by atoms with van der Waals surface area (Å²) in [4.78, 5) is 39.6. The topological polar surface area (TPSA) is 101 Å². The van der Waals surface area contributed by atoms with Crippen molar-refractivity contribution < 1.29 is 29.3 Å². The lowest BCUT2D eigenvalue weighted by Crippen LogP contribution is -2.70. The van der Waals surface area contributed by atoms with Gasteiger partial charge in [0, 0.05) is 23.8 Å². The van der Waals surface area contributed by atoms with Gasteiger partial charge in [0.2, 0.25) is 0 Å². The van der Waals surface area contributed by atoms with Crippen molar-refractivity contribution in [3.63, 3.8) is 0 Å². The number of hydrogen-bond acceptors (Lipinski definition) is 5. The molecule has 246 valence electrons. The number of phenolic OH excluding ortho intramolecular Hbond substituents is 1. The second-order valence-corrected chi connectivity index (χ2v) is 17.4. The number of aromatic hydroxyl groups is 1. The zero-order valence-electron chi connectivity index (χ0n) is 28.3. The number of fused-ring (bicyclic) bond motifs is 7. The predicted molar refractivity (Wildman–Crippen MR) is 174 cm³/mol. The minimum Gasteiger partial charge on any atom is -0.508 e. The van der Waals surface area contributed by atoms with Gasteiger partial charge in [0.15, 0.2) is 0 Å². The van der Waals surface area contributed by atoms with Gasteiger partial charge in [-0.25, -0.2) is 4.79 Å². The zero-order chi connectivity index (χ0) is 32.6. The average molecular weight is 619 g/mol. The SMILES string of the molecule is C[C@H]1C(=O)CC[C@@H]2[C@]1(C)CC[C@H]1[C@@]2(C)CC[C@@]2(COC(=O)/C=C/c3ccc(O)cc3)[C@@H]3CC(C)(C)CC[C@]3(C(=O)O)CC[C@]12C. The number of aliphatic carboxylic acids is 1. The standard InChI is InChI=1S/C39H54O6/c1-25-28(41)12-13-29-35(25,4)16-15-30-36(29,5)18-22-39(24-45-32(42)14-9-26-7-10-27(40)11-8-26)31-23-34(2,3)17-20-38(31,33(43)44)21-19-37(30,39)6/h7-11,14,25,29-31,40H,12-13,15-24H2,1-6H3,(H,43,44)/b14-9+/t25-,29+,30-,31+,35+,36-,37+,38-,39+/m0/s1. The maximum Gasteiger partial charge on any atom is 0.330 e. The number of phenols is 1. The van der Waals surface area contributed by atoms with E-state index in [0.717, 1.165) is 56.9 Å². The Bertz CT molecular complexity index is 1390. The summed E-state index contributed by atoms with van der Waals surface area (Å²) in [5.74, 6) is 0.315. The monoisotopic (exact) mass is 618 g/mol. The van der Waals surface area contributed by atoms with Gasteiger partial charge in [0.05, 0.1) is 12.0 Å². The summed E-state index contributed by atoms with van der Waals surface area (Å²) in [6, 6.07) is 6.68. The molecule has 0 amide bonds. The molecule has 5 aliphatic rings. The second kappa shape index (κ2) is 10.7. The van der Waals surface area contributed by atoms with Crippen LogP contribution in [0.25, 0.3) is 6.08 Å². The van der Waals surface area contributed by atoms with Crippen LogP contribution in [-0.4, -0.2) is 34.5 Å². The molecule has 1 aromatic carbocycles. The second-order valence-electron chi connectivity index (χ2n) is 17.4. The molecule has 0 unspecified atom stereocenters. The van der Waals surface area contributed by atoms with Gasteiger partial charge in [-0.05, 0) is 127 Å². The Kier molecular flexibility index (Phi) is 7.69. The number of esters is 1. The molecule has 0 heterocycles. The van der Waals surface area contributed by atoms with Crippen LogP contribution in [0.3, 0.4) is 0 Å². The van der Waals surface area contributed by atoms with E-state index in [-0.39, 0.29) is 45.9 Å². The fraction of sp³-hybridized carbons (Fsp3) is 0.718. The third kappa shape index (κ3) is 4.74. The molecule has 5 saturated carbocycles.